The number of hydrogen-bond donors (Lipinski definition) is 0. The Kier molecular flexibility index (Phi) is 7.61. The Balaban J connectivity index is 1.56. The van der Waals surface area contributed by atoms with Gasteiger partial charge >= 0.3 is 6.18 Å². The van der Waals surface area contributed by atoms with E-state index in [0.717, 1.165) is 15.1 Å². The molecular weight excluding hydrogens is 553 g/mol. The molecule has 1 amide bonds. The zero-order chi connectivity index (χ0) is 27.7. The maximum absolute atomic E-state index is 14.2. The number of rotatable bonds is 7. The zero-order valence-electron chi connectivity index (χ0n) is 21.0. The fourth-order valence-corrected chi connectivity index (χ4v) is 6.00. The van der Waals surface area contributed by atoms with Crippen LogP contribution in [0.1, 0.15) is 33.5 Å². The van der Waals surface area contributed by atoms with Crippen LogP contribution in [-0.2, 0) is 24.1 Å². The molecule has 1 aliphatic heterocycles. The molecule has 1 aromatic carbocycles. The van der Waals surface area contributed by atoms with Crippen LogP contribution in [0.3, 0.4) is 0 Å². The summed E-state index contributed by atoms with van der Waals surface area (Å²) in [6.07, 6.45) is 1.13. The second kappa shape index (κ2) is 10.9. The van der Waals surface area contributed by atoms with Crippen molar-refractivity contribution in [2.75, 3.05) is 27.2 Å². The van der Waals surface area contributed by atoms with Gasteiger partial charge in [-0.2, -0.15) is 23.3 Å². The number of amides is 1. The van der Waals surface area contributed by atoms with Crippen LogP contribution >= 0.6 is 22.9 Å². The molecule has 0 unspecified atom stereocenters. The quantitative estimate of drug-likeness (QED) is 0.278. The summed E-state index contributed by atoms with van der Waals surface area (Å²) in [5, 5.41) is 7.33. The van der Waals surface area contributed by atoms with Crippen LogP contribution in [0.5, 0.6) is 0 Å². The summed E-state index contributed by atoms with van der Waals surface area (Å²) in [5.41, 5.74) is 0.831. The summed E-state index contributed by atoms with van der Waals surface area (Å²) in [4.78, 5) is 21.5. The number of benzene rings is 1. The molecule has 39 heavy (non-hydrogen) atoms. The van der Waals surface area contributed by atoms with E-state index in [2.05, 4.69) is 15.2 Å². The zero-order valence-corrected chi connectivity index (χ0v) is 22.6. The van der Waals surface area contributed by atoms with Crippen molar-refractivity contribution >= 4 is 28.8 Å². The average Bonchev–Trinajstić information content (AvgIpc) is 3.62. The minimum Gasteiger partial charge on any atom is -0.338 e. The molecule has 0 spiro atoms. The topological polar surface area (TPSA) is 80.3 Å². The molecule has 0 N–H and O–H groups in total. The lowest BCUT2D eigenvalue weighted by molar-refractivity contribution is -0.141. The number of thiophene rings is 1. The molecule has 3 aromatic heterocycles. The molecular formula is C26H24ClF3N6O2S. The summed E-state index contributed by atoms with van der Waals surface area (Å²) in [6.45, 7) is 1.17. The van der Waals surface area contributed by atoms with E-state index in [1.54, 1.807) is 35.2 Å². The number of likely N-dealkylation sites (N-methyl/N-ethyl adjacent to an activating group) is 1. The maximum Gasteiger partial charge on any atom is 0.435 e. The van der Waals surface area contributed by atoms with E-state index in [9.17, 15) is 18.0 Å². The molecule has 8 nitrogen and oxygen atoms in total. The van der Waals surface area contributed by atoms with Crippen LogP contribution in [0.25, 0.3) is 11.1 Å². The predicted molar refractivity (Wildman–Crippen MR) is 140 cm³/mol. The van der Waals surface area contributed by atoms with E-state index in [-0.39, 0.29) is 29.8 Å². The molecule has 0 saturated heterocycles. The smallest absolute Gasteiger partial charge is 0.338 e. The van der Waals surface area contributed by atoms with E-state index >= 15 is 0 Å². The number of alkyl halides is 3. The van der Waals surface area contributed by atoms with Crippen LogP contribution in [0.15, 0.2) is 59.5 Å². The molecule has 0 saturated carbocycles. The predicted octanol–water partition coefficient (Wildman–Crippen LogP) is 5.31. The lowest BCUT2D eigenvalue weighted by atomic mass is 9.84. The molecule has 1 atom stereocenters. The van der Waals surface area contributed by atoms with Crippen molar-refractivity contribution in [3.05, 3.63) is 86.9 Å². The Bertz CT molecular complexity index is 1500. The summed E-state index contributed by atoms with van der Waals surface area (Å²) in [6, 6.07) is 8.74. The molecule has 5 rings (SSSR count). The highest BCUT2D eigenvalue weighted by molar-refractivity contribution is 7.16. The van der Waals surface area contributed by atoms with E-state index in [4.69, 9.17) is 16.1 Å². The van der Waals surface area contributed by atoms with Crippen molar-refractivity contribution in [3.8, 4) is 11.1 Å². The van der Waals surface area contributed by atoms with Gasteiger partial charge in [0.05, 0.1) is 10.9 Å². The Labute approximate surface area is 231 Å². The van der Waals surface area contributed by atoms with Crippen LogP contribution in [0.2, 0.25) is 4.34 Å². The number of carbonyl (C=O) groups excluding carboxylic acids is 1. The van der Waals surface area contributed by atoms with Crippen molar-refractivity contribution in [2.45, 2.75) is 25.2 Å². The largest absolute Gasteiger partial charge is 0.435 e. The highest BCUT2D eigenvalue weighted by Crippen LogP contribution is 2.45. The van der Waals surface area contributed by atoms with Gasteiger partial charge in [0.15, 0.2) is 12.0 Å². The fraction of sp³-hybridized carbons (Fsp3) is 0.308. The standard InChI is InChI=1S/C26H24ClF3N6O2S/c1-34(2)9-5-8-24(37)35-11-19(18-10-22(27)39-21(18)13-35)16-6-3-4-7-17(16)20-12-36(14-23-31-15-32-38-23)33-25(20)26(28,29)30/h3-8,10,12,15,19H,9,11,13-14H2,1-2H3/b8-5+/t19-/m0/s1. The first-order valence-corrected chi connectivity index (χ1v) is 13.2. The van der Waals surface area contributed by atoms with Crippen LogP contribution in [-0.4, -0.2) is 62.8 Å². The van der Waals surface area contributed by atoms with Crippen LogP contribution < -0.4 is 0 Å². The van der Waals surface area contributed by atoms with Crippen LogP contribution in [0, 0.1) is 0 Å². The second-order valence-electron chi connectivity index (χ2n) is 9.37. The molecule has 13 heteroatoms. The summed E-state index contributed by atoms with van der Waals surface area (Å²) in [7, 11) is 3.81. The van der Waals surface area contributed by atoms with E-state index < -0.39 is 11.9 Å². The Morgan fingerprint density at radius 3 is 2.77 bits per heavy atom. The van der Waals surface area contributed by atoms with Gasteiger partial charge in [-0.05, 0) is 36.9 Å². The monoisotopic (exact) mass is 576 g/mol. The number of carbonyl (C=O) groups is 1. The number of fused-ring (bicyclic) bond motifs is 1. The Hall–Kier alpha value is -3.48. The molecule has 4 heterocycles. The second-order valence-corrected chi connectivity index (χ2v) is 11.1. The number of hydrogen-bond acceptors (Lipinski definition) is 7. The van der Waals surface area contributed by atoms with Gasteiger partial charge < -0.3 is 14.3 Å². The summed E-state index contributed by atoms with van der Waals surface area (Å²) < 4.78 is 49.2. The summed E-state index contributed by atoms with van der Waals surface area (Å²) >= 11 is 7.75. The third-order valence-corrected chi connectivity index (χ3v) is 7.59. The van der Waals surface area contributed by atoms with E-state index in [0.29, 0.717) is 35.1 Å². The Morgan fingerprint density at radius 1 is 1.26 bits per heavy atom. The van der Waals surface area contributed by atoms with Gasteiger partial charge in [-0.25, -0.2) is 0 Å². The van der Waals surface area contributed by atoms with Crippen molar-refractivity contribution in [1.29, 1.82) is 0 Å². The first kappa shape index (κ1) is 27.1. The van der Waals surface area contributed by atoms with Gasteiger partial charge in [0, 0.05) is 41.7 Å². The lowest BCUT2D eigenvalue weighted by Gasteiger charge is -2.33. The molecule has 0 aliphatic carbocycles. The highest BCUT2D eigenvalue weighted by atomic mass is 35.5. The number of halogens is 4. The van der Waals surface area contributed by atoms with Gasteiger partial charge in [-0.1, -0.05) is 47.1 Å². The lowest BCUT2D eigenvalue weighted by Crippen LogP contribution is -2.37. The molecule has 4 aromatic rings. The number of nitrogens with zero attached hydrogens (tertiary/aromatic N) is 6. The van der Waals surface area contributed by atoms with Gasteiger partial charge in [-0.15, -0.1) is 11.3 Å². The van der Waals surface area contributed by atoms with Gasteiger partial charge in [0.1, 0.15) is 6.54 Å². The minimum absolute atomic E-state index is 0.0742. The van der Waals surface area contributed by atoms with Crippen molar-refractivity contribution in [3.63, 3.8) is 0 Å². The third kappa shape index (κ3) is 5.92. The maximum atomic E-state index is 14.2. The van der Waals surface area contributed by atoms with Crippen molar-refractivity contribution < 1.29 is 22.5 Å². The first-order valence-electron chi connectivity index (χ1n) is 12.0. The normalized spacial score (nSPS) is 15.9. The SMILES string of the molecule is CN(C)C/C=C/C(=O)N1Cc2sc(Cl)cc2[C@H](c2ccccc2-c2cn(Cc3ncno3)nc2C(F)(F)F)C1. The fourth-order valence-electron chi connectivity index (χ4n) is 4.65. The van der Waals surface area contributed by atoms with Gasteiger partial charge in [0.25, 0.3) is 0 Å². The number of aromatic nitrogens is 4. The third-order valence-electron chi connectivity index (χ3n) is 6.33. The van der Waals surface area contributed by atoms with E-state index in [1.165, 1.54) is 29.9 Å². The van der Waals surface area contributed by atoms with Crippen molar-refractivity contribution in [2.24, 2.45) is 0 Å². The van der Waals surface area contributed by atoms with Crippen molar-refractivity contribution in [1.82, 2.24) is 29.7 Å². The molecule has 0 bridgehead atoms. The average molecular weight is 577 g/mol. The Morgan fingerprint density at radius 2 is 2.05 bits per heavy atom. The minimum atomic E-state index is -4.70. The highest BCUT2D eigenvalue weighted by Gasteiger charge is 2.39. The summed E-state index contributed by atoms with van der Waals surface area (Å²) in [5.74, 6) is -0.425. The molecule has 204 valence electrons. The molecule has 0 fully saturated rings. The van der Waals surface area contributed by atoms with Crippen LogP contribution in [0.4, 0.5) is 13.2 Å². The molecule has 0 radical (unpaired) electrons. The van der Waals surface area contributed by atoms with Gasteiger partial charge in [-0.3, -0.25) is 9.48 Å². The van der Waals surface area contributed by atoms with Gasteiger partial charge in [0.2, 0.25) is 11.8 Å². The molecule has 1 aliphatic rings. The van der Waals surface area contributed by atoms with E-state index in [1.807, 2.05) is 25.1 Å². The first-order chi connectivity index (χ1) is 18.6.